The van der Waals surface area contributed by atoms with Crippen molar-refractivity contribution in [3.05, 3.63) is 12.7 Å². The molecule has 92 valence electrons. The van der Waals surface area contributed by atoms with E-state index in [4.69, 9.17) is 0 Å². The van der Waals surface area contributed by atoms with E-state index in [-0.39, 0.29) is 57.3 Å². The third kappa shape index (κ3) is 3.48. The number of amides is 1. The minimum absolute atomic E-state index is 0. The minimum atomic E-state index is -0.465. The molecule has 0 aliphatic heterocycles. The maximum atomic E-state index is 11.7. The molecule has 0 saturated carbocycles. The summed E-state index contributed by atoms with van der Waals surface area (Å²) in [4.78, 5) is 26.6. The molecule has 0 atom stereocenters. The number of H-pyrrole nitrogens is 1. The van der Waals surface area contributed by atoms with Crippen molar-refractivity contribution in [2.75, 3.05) is 5.43 Å². The molecule has 0 fully saturated rings. The predicted molar refractivity (Wildman–Crippen MR) is 70.1 cm³/mol. The summed E-state index contributed by atoms with van der Waals surface area (Å²) in [6, 6.07) is 0. The summed E-state index contributed by atoms with van der Waals surface area (Å²) in [7, 11) is 0. The number of hydrogen-bond acceptors (Lipinski definition) is 5. The van der Waals surface area contributed by atoms with Gasteiger partial charge in [0.2, 0.25) is 5.91 Å². The molecule has 0 unspecified atom stereocenters. The molecule has 18 heavy (non-hydrogen) atoms. The van der Waals surface area contributed by atoms with E-state index in [1.165, 1.54) is 12.7 Å². The zero-order chi connectivity index (χ0) is 12.5. The second-order valence-corrected chi connectivity index (χ2v) is 4.65. The number of imidazole rings is 1. The SMILES string of the molecule is CC(C)(C)C(=O)NNc1ncnc2nc[nH]c12.[KH]. The van der Waals surface area contributed by atoms with Crippen LogP contribution in [0.1, 0.15) is 20.8 Å². The molecule has 0 aliphatic carbocycles. The van der Waals surface area contributed by atoms with E-state index < -0.39 is 5.41 Å². The molecule has 3 N–H and O–H groups in total. The van der Waals surface area contributed by atoms with Crippen LogP contribution in [-0.4, -0.2) is 77.2 Å². The van der Waals surface area contributed by atoms with Gasteiger partial charge in [0.25, 0.3) is 0 Å². The van der Waals surface area contributed by atoms with Crippen molar-refractivity contribution in [2.45, 2.75) is 20.8 Å². The first-order valence-electron chi connectivity index (χ1n) is 5.19. The summed E-state index contributed by atoms with van der Waals surface area (Å²) < 4.78 is 0. The number of rotatable bonds is 2. The molecular formula is C10H15KN6O. The number of hydrazine groups is 1. The Morgan fingerprint density at radius 3 is 2.67 bits per heavy atom. The molecule has 2 heterocycles. The zero-order valence-electron chi connectivity index (χ0n) is 9.90. The first-order valence-corrected chi connectivity index (χ1v) is 5.19. The van der Waals surface area contributed by atoms with Gasteiger partial charge < -0.3 is 4.98 Å². The van der Waals surface area contributed by atoms with Gasteiger partial charge in [0, 0.05) is 5.41 Å². The van der Waals surface area contributed by atoms with Crippen molar-refractivity contribution < 1.29 is 4.79 Å². The van der Waals surface area contributed by atoms with Gasteiger partial charge in [-0.2, -0.15) is 0 Å². The van der Waals surface area contributed by atoms with Gasteiger partial charge in [-0.1, -0.05) is 20.8 Å². The fourth-order valence-electron chi connectivity index (χ4n) is 1.16. The van der Waals surface area contributed by atoms with Gasteiger partial charge in [-0.25, -0.2) is 15.0 Å². The van der Waals surface area contributed by atoms with E-state index in [9.17, 15) is 4.79 Å². The molecule has 0 saturated heterocycles. The third-order valence-electron chi connectivity index (χ3n) is 2.20. The van der Waals surface area contributed by atoms with Gasteiger partial charge >= 0.3 is 51.4 Å². The van der Waals surface area contributed by atoms with Crippen molar-refractivity contribution >= 4 is 74.3 Å². The van der Waals surface area contributed by atoms with Crippen LogP contribution in [0, 0.1) is 5.41 Å². The maximum absolute atomic E-state index is 11.7. The number of nitrogens with zero attached hydrogens (tertiary/aromatic N) is 3. The fraction of sp³-hybridized carbons (Fsp3) is 0.400. The predicted octanol–water partition coefficient (Wildman–Crippen LogP) is 0.194. The van der Waals surface area contributed by atoms with Gasteiger partial charge in [-0.05, 0) is 0 Å². The zero-order valence-corrected chi connectivity index (χ0v) is 9.90. The van der Waals surface area contributed by atoms with E-state index in [1.54, 1.807) is 0 Å². The molecule has 0 spiro atoms. The summed E-state index contributed by atoms with van der Waals surface area (Å²) in [6.07, 6.45) is 2.91. The summed E-state index contributed by atoms with van der Waals surface area (Å²) in [5, 5.41) is 0. The summed E-state index contributed by atoms with van der Waals surface area (Å²) >= 11 is 0. The van der Waals surface area contributed by atoms with E-state index in [2.05, 4.69) is 30.8 Å². The van der Waals surface area contributed by atoms with Crippen LogP contribution in [-0.2, 0) is 4.79 Å². The Bertz CT molecular complexity index is 547. The van der Waals surface area contributed by atoms with Crippen LogP contribution >= 0.6 is 0 Å². The molecule has 2 rings (SSSR count). The molecular weight excluding hydrogens is 259 g/mol. The molecule has 0 radical (unpaired) electrons. The van der Waals surface area contributed by atoms with Gasteiger partial charge in [-0.3, -0.25) is 15.6 Å². The number of carbonyl (C=O) groups is 1. The van der Waals surface area contributed by atoms with Crippen LogP contribution < -0.4 is 10.9 Å². The standard InChI is InChI=1S/C10H14N6O.K.H/c1-10(2,3)9(17)16-15-8-6-7(12-4-11-6)13-5-14-8;;/h4-5H,1-3H3,(H,16,17)(H2,11,12,13,14,15);;. The summed E-state index contributed by atoms with van der Waals surface area (Å²) in [5.41, 5.74) is 6.09. The first kappa shape index (κ1) is 15.5. The second-order valence-electron chi connectivity index (χ2n) is 4.65. The Morgan fingerprint density at radius 2 is 2.00 bits per heavy atom. The van der Waals surface area contributed by atoms with Crippen LogP contribution in [0.15, 0.2) is 12.7 Å². The van der Waals surface area contributed by atoms with Gasteiger partial charge in [0.05, 0.1) is 6.33 Å². The average molecular weight is 274 g/mol. The molecule has 1 amide bonds. The Labute approximate surface area is 147 Å². The van der Waals surface area contributed by atoms with Gasteiger partial charge in [-0.15, -0.1) is 0 Å². The molecule has 0 aliphatic rings. The van der Waals surface area contributed by atoms with Crippen LogP contribution in [0.3, 0.4) is 0 Å². The summed E-state index contributed by atoms with van der Waals surface area (Å²) in [6.45, 7) is 5.49. The Kier molecular flexibility index (Phi) is 5.23. The van der Waals surface area contributed by atoms with Crippen molar-refractivity contribution in [3.8, 4) is 0 Å². The van der Waals surface area contributed by atoms with Crippen molar-refractivity contribution in [3.63, 3.8) is 0 Å². The number of aromatic amines is 1. The topological polar surface area (TPSA) is 95.6 Å². The Morgan fingerprint density at radius 1 is 1.28 bits per heavy atom. The molecule has 2 aromatic heterocycles. The molecule has 0 bridgehead atoms. The van der Waals surface area contributed by atoms with Gasteiger partial charge in [0.1, 0.15) is 11.8 Å². The number of fused-ring (bicyclic) bond motifs is 1. The average Bonchev–Trinajstić information content (AvgIpc) is 2.72. The molecule has 7 nitrogen and oxygen atoms in total. The summed E-state index contributed by atoms with van der Waals surface area (Å²) in [5.74, 6) is 0.369. The van der Waals surface area contributed by atoms with Crippen LogP contribution in [0.2, 0.25) is 0 Å². The van der Waals surface area contributed by atoms with Gasteiger partial charge in [0.15, 0.2) is 11.5 Å². The number of carbonyl (C=O) groups excluding carboxylic acids is 1. The van der Waals surface area contributed by atoms with E-state index >= 15 is 0 Å². The van der Waals surface area contributed by atoms with E-state index in [0.29, 0.717) is 17.0 Å². The van der Waals surface area contributed by atoms with Crippen molar-refractivity contribution in [1.82, 2.24) is 25.4 Å². The van der Waals surface area contributed by atoms with Crippen LogP contribution in [0.5, 0.6) is 0 Å². The fourth-order valence-corrected chi connectivity index (χ4v) is 1.16. The number of hydrogen-bond donors (Lipinski definition) is 3. The number of nitrogens with one attached hydrogen (secondary N) is 3. The Hall–Kier alpha value is -0.544. The monoisotopic (exact) mass is 274 g/mol. The normalized spacial score (nSPS) is 10.8. The molecule has 8 heteroatoms. The third-order valence-corrected chi connectivity index (χ3v) is 2.20. The van der Waals surface area contributed by atoms with Crippen LogP contribution in [0.25, 0.3) is 11.2 Å². The van der Waals surface area contributed by atoms with E-state index in [1.807, 2.05) is 20.8 Å². The van der Waals surface area contributed by atoms with Crippen molar-refractivity contribution in [2.24, 2.45) is 5.41 Å². The number of anilines is 1. The van der Waals surface area contributed by atoms with E-state index in [0.717, 1.165) is 0 Å². The Balaban J connectivity index is 0.00000162. The molecule has 0 aromatic carbocycles. The second kappa shape index (κ2) is 6.07. The first-order chi connectivity index (χ1) is 7.98. The van der Waals surface area contributed by atoms with Crippen LogP contribution in [0.4, 0.5) is 5.82 Å². The van der Waals surface area contributed by atoms with Crippen molar-refractivity contribution in [1.29, 1.82) is 0 Å². The quantitative estimate of drug-likeness (QED) is 0.537. The molecule has 2 aromatic rings. The number of aromatic nitrogens is 4.